The van der Waals surface area contributed by atoms with Gasteiger partial charge < -0.3 is 4.74 Å². The fourth-order valence-electron chi connectivity index (χ4n) is 2.12. The molecule has 0 N–H and O–H groups in total. The third kappa shape index (κ3) is 3.74. The smallest absolute Gasteiger partial charge is 0.119 e. The molecule has 22 heavy (non-hydrogen) atoms. The maximum Gasteiger partial charge on any atom is 0.119 e. The van der Waals surface area contributed by atoms with E-state index in [-0.39, 0.29) is 0 Å². The molecule has 4 nitrogen and oxygen atoms in total. The van der Waals surface area contributed by atoms with Gasteiger partial charge in [-0.1, -0.05) is 6.07 Å². The van der Waals surface area contributed by atoms with Crippen molar-refractivity contribution in [1.29, 1.82) is 0 Å². The summed E-state index contributed by atoms with van der Waals surface area (Å²) >= 11 is 1.70. The molecule has 0 unspecified atom stereocenters. The second-order valence-corrected chi connectivity index (χ2v) is 5.83. The molecule has 0 radical (unpaired) electrons. The van der Waals surface area contributed by atoms with E-state index in [0.717, 1.165) is 39.9 Å². The summed E-state index contributed by atoms with van der Waals surface area (Å²) in [6, 6.07) is 14.0. The van der Waals surface area contributed by atoms with Crippen molar-refractivity contribution in [2.45, 2.75) is 19.1 Å². The number of thioether (sulfide) groups is 1. The quantitative estimate of drug-likeness (QED) is 0.841. The second-order valence-electron chi connectivity index (χ2n) is 4.78. The van der Waals surface area contributed by atoms with Crippen LogP contribution < -0.4 is 4.74 Å². The Labute approximate surface area is 134 Å². The number of aromatic nitrogens is 1. The highest BCUT2D eigenvalue weighted by Gasteiger charge is 2.15. The van der Waals surface area contributed by atoms with Crippen molar-refractivity contribution in [3.05, 3.63) is 59.9 Å². The van der Waals surface area contributed by atoms with Crippen LogP contribution in [0.4, 0.5) is 0 Å². The van der Waals surface area contributed by atoms with E-state index < -0.39 is 0 Å². The predicted octanol–water partition coefficient (Wildman–Crippen LogP) is 3.92. The van der Waals surface area contributed by atoms with Gasteiger partial charge in [0.25, 0.3) is 0 Å². The largest absolute Gasteiger partial charge is 0.494 e. The molecule has 0 atom stereocenters. The highest BCUT2D eigenvalue weighted by Crippen LogP contribution is 2.22. The molecule has 0 aliphatic carbocycles. The van der Waals surface area contributed by atoms with Gasteiger partial charge >= 0.3 is 0 Å². The summed E-state index contributed by atoms with van der Waals surface area (Å²) in [5.41, 5.74) is 3.16. The number of ether oxygens (including phenoxy) is 1. The van der Waals surface area contributed by atoms with E-state index in [0.29, 0.717) is 6.61 Å². The minimum absolute atomic E-state index is 0.678. The molecule has 2 heterocycles. The van der Waals surface area contributed by atoms with Gasteiger partial charge in [-0.25, -0.2) is 0 Å². The first-order chi connectivity index (χ1) is 10.8. The van der Waals surface area contributed by atoms with Crippen molar-refractivity contribution in [2.75, 3.05) is 6.61 Å². The molecule has 1 aliphatic heterocycles. The summed E-state index contributed by atoms with van der Waals surface area (Å²) in [7, 11) is 0. The van der Waals surface area contributed by atoms with Crippen LogP contribution in [0.5, 0.6) is 5.75 Å². The lowest BCUT2D eigenvalue weighted by molar-refractivity contribution is 0.340. The lowest BCUT2D eigenvalue weighted by Gasteiger charge is -2.05. The minimum Gasteiger partial charge on any atom is -0.494 e. The molecule has 0 saturated carbocycles. The van der Waals surface area contributed by atoms with Crippen LogP contribution in [0.2, 0.25) is 0 Å². The summed E-state index contributed by atoms with van der Waals surface area (Å²) in [4.78, 5) is 4.32. The molecule has 0 bridgehead atoms. The van der Waals surface area contributed by atoms with E-state index in [1.54, 1.807) is 11.8 Å². The van der Waals surface area contributed by atoms with Crippen LogP contribution in [0.25, 0.3) is 0 Å². The lowest BCUT2D eigenvalue weighted by atomic mass is 10.1. The average molecular weight is 311 g/mol. The van der Waals surface area contributed by atoms with Crippen LogP contribution in [-0.4, -0.2) is 22.3 Å². The monoisotopic (exact) mass is 311 g/mol. The number of hydrogen-bond acceptors (Lipinski definition) is 5. The number of hydrogen-bond donors (Lipinski definition) is 0. The van der Waals surface area contributed by atoms with Crippen LogP contribution in [0, 0.1) is 0 Å². The predicted molar refractivity (Wildman–Crippen MR) is 91.7 cm³/mol. The Kier molecular flexibility index (Phi) is 4.85. The maximum atomic E-state index is 5.45. The van der Waals surface area contributed by atoms with Crippen molar-refractivity contribution in [3.8, 4) is 5.75 Å². The molecule has 0 saturated heterocycles. The molecular formula is C17H17N3OS. The van der Waals surface area contributed by atoms with Crippen molar-refractivity contribution < 1.29 is 4.74 Å². The highest BCUT2D eigenvalue weighted by molar-refractivity contribution is 8.13. The molecule has 1 aromatic heterocycles. The van der Waals surface area contributed by atoms with Gasteiger partial charge in [-0.15, -0.1) is 16.9 Å². The molecule has 5 heteroatoms. The molecule has 1 aromatic carbocycles. The van der Waals surface area contributed by atoms with E-state index in [4.69, 9.17) is 4.74 Å². The number of pyridine rings is 1. The first-order valence-electron chi connectivity index (χ1n) is 7.24. The van der Waals surface area contributed by atoms with Gasteiger partial charge in [0.1, 0.15) is 10.8 Å². The zero-order valence-corrected chi connectivity index (χ0v) is 13.2. The van der Waals surface area contributed by atoms with Gasteiger partial charge in [0.05, 0.1) is 18.0 Å². The number of rotatable bonds is 5. The van der Waals surface area contributed by atoms with Gasteiger partial charge in [0.2, 0.25) is 0 Å². The molecular weight excluding hydrogens is 294 g/mol. The Morgan fingerprint density at radius 3 is 2.68 bits per heavy atom. The Morgan fingerprint density at radius 1 is 1.09 bits per heavy atom. The molecule has 0 spiro atoms. The Hall–Kier alpha value is -2.14. The first-order valence-corrected chi connectivity index (χ1v) is 8.23. The second kappa shape index (κ2) is 7.22. The van der Waals surface area contributed by atoms with E-state index >= 15 is 0 Å². The number of nitrogens with zero attached hydrogens (tertiary/aromatic N) is 3. The normalized spacial score (nSPS) is 13.7. The zero-order valence-electron chi connectivity index (χ0n) is 12.4. The van der Waals surface area contributed by atoms with E-state index in [9.17, 15) is 0 Å². The van der Waals surface area contributed by atoms with E-state index in [2.05, 4.69) is 15.2 Å². The SMILES string of the molecule is CCOc1ccc(C2=NN=C(SCc3ccccn3)C2)cc1. The standard InChI is InChI=1S/C17H17N3OS/c1-2-21-15-8-6-13(7-9-15)16-11-17(20-19-16)22-12-14-5-3-4-10-18-14/h3-10H,2,11-12H2,1H3. The van der Waals surface area contributed by atoms with Crippen molar-refractivity contribution in [3.63, 3.8) is 0 Å². The number of benzene rings is 1. The average Bonchev–Trinajstić information content (AvgIpc) is 3.04. The summed E-state index contributed by atoms with van der Waals surface area (Å²) < 4.78 is 5.45. The lowest BCUT2D eigenvalue weighted by Crippen LogP contribution is -2.02. The molecule has 112 valence electrons. The molecule has 1 aliphatic rings. The topological polar surface area (TPSA) is 46.8 Å². The molecule has 0 fully saturated rings. The summed E-state index contributed by atoms with van der Waals surface area (Å²) in [6.45, 7) is 2.66. The summed E-state index contributed by atoms with van der Waals surface area (Å²) in [6.07, 6.45) is 2.60. The Bertz CT molecular complexity index is 681. The van der Waals surface area contributed by atoms with Crippen molar-refractivity contribution in [2.24, 2.45) is 10.2 Å². The van der Waals surface area contributed by atoms with Crippen LogP contribution in [0.15, 0.2) is 58.9 Å². The van der Waals surface area contributed by atoms with Crippen LogP contribution in [0.3, 0.4) is 0 Å². The fourth-order valence-corrected chi connectivity index (χ4v) is 2.94. The Balaban J connectivity index is 1.54. The first kappa shape index (κ1) is 14.8. The molecule has 2 aromatic rings. The van der Waals surface area contributed by atoms with Crippen molar-refractivity contribution >= 4 is 22.5 Å². The van der Waals surface area contributed by atoms with Gasteiger partial charge in [0, 0.05) is 18.4 Å². The summed E-state index contributed by atoms with van der Waals surface area (Å²) in [5, 5.41) is 9.61. The summed E-state index contributed by atoms with van der Waals surface area (Å²) in [5.74, 6) is 1.71. The highest BCUT2D eigenvalue weighted by atomic mass is 32.2. The van der Waals surface area contributed by atoms with Crippen LogP contribution in [-0.2, 0) is 5.75 Å². The van der Waals surface area contributed by atoms with E-state index in [1.807, 2.05) is 55.6 Å². The van der Waals surface area contributed by atoms with Gasteiger partial charge in [-0.05, 0) is 48.9 Å². The van der Waals surface area contributed by atoms with Crippen LogP contribution >= 0.6 is 11.8 Å². The Morgan fingerprint density at radius 2 is 1.95 bits per heavy atom. The van der Waals surface area contributed by atoms with Gasteiger partial charge in [-0.2, -0.15) is 5.10 Å². The third-order valence-corrected chi connectivity index (χ3v) is 4.21. The third-order valence-electron chi connectivity index (χ3n) is 3.21. The molecule has 0 amide bonds. The van der Waals surface area contributed by atoms with Crippen molar-refractivity contribution in [1.82, 2.24) is 4.98 Å². The van der Waals surface area contributed by atoms with E-state index in [1.165, 1.54) is 0 Å². The maximum absolute atomic E-state index is 5.45. The van der Waals surface area contributed by atoms with Crippen LogP contribution in [0.1, 0.15) is 24.6 Å². The molecule has 3 rings (SSSR count). The fraction of sp³-hybridized carbons (Fsp3) is 0.235. The minimum atomic E-state index is 0.678. The zero-order chi connectivity index (χ0) is 15.2. The van der Waals surface area contributed by atoms with Gasteiger partial charge in [0.15, 0.2) is 0 Å². The van der Waals surface area contributed by atoms with Gasteiger partial charge in [-0.3, -0.25) is 4.98 Å².